The fraction of sp³-hybridized carbons (Fsp3) is 0.231. The number of esters is 2. The van der Waals surface area contributed by atoms with Gasteiger partial charge in [-0.1, -0.05) is 30.3 Å². The molecule has 1 N–H and O–H groups in total. The monoisotopic (exact) mass is 492 g/mol. The predicted molar refractivity (Wildman–Crippen MR) is 128 cm³/mol. The van der Waals surface area contributed by atoms with Crippen LogP contribution in [0.4, 0.5) is 4.79 Å². The Morgan fingerprint density at radius 1 is 1.08 bits per heavy atom. The molecule has 1 saturated heterocycles. The van der Waals surface area contributed by atoms with Crippen molar-refractivity contribution in [2.24, 2.45) is 0 Å². The number of hydrogen-bond donors (Lipinski definition) is 1. The van der Waals surface area contributed by atoms with E-state index in [-0.39, 0.29) is 36.5 Å². The van der Waals surface area contributed by atoms with Crippen LogP contribution in [0.15, 0.2) is 58.6 Å². The first-order valence-electron chi connectivity index (χ1n) is 11.1. The first-order chi connectivity index (χ1) is 17.3. The smallest absolute Gasteiger partial charge is 0.373 e. The van der Waals surface area contributed by atoms with Crippen LogP contribution in [0.1, 0.15) is 35.7 Å². The highest BCUT2D eigenvalue weighted by molar-refractivity contribution is 6.14. The third-order valence-corrected chi connectivity index (χ3v) is 5.26. The van der Waals surface area contributed by atoms with Crippen LogP contribution in [0.3, 0.4) is 0 Å². The van der Waals surface area contributed by atoms with Crippen LogP contribution < -0.4 is 10.1 Å². The number of imide groups is 1. The van der Waals surface area contributed by atoms with Crippen LogP contribution in [0.25, 0.3) is 16.8 Å². The molecule has 0 saturated carbocycles. The summed E-state index contributed by atoms with van der Waals surface area (Å²) in [5.41, 5.74) is 0.535. The highest BCUT2D eigenvalue weighted by Gasteiger charge is 2.34. The topological polar surface area (TPSA) is 124 Å². The number of nitrogens with one attached hydrogen (secondary N) is 1. The van der Waals surface area contributed by atoms with E-state index in [1.165, 1.54) is 25.3 Å². The molecule has 3 amide bonds. The van der Waals surface area contributed by atoms with Crippen molar-refractivity contribution in [1.29, 1.82) is 0 Å². The molecule has 2 heterocycles. The van der Waals surface area contributed by atoms with E-state index in [0.29, 0.717) is 11.3 Å². The molecule has 10 nitrogen and oxygen atoms in total. The van der Waals surface area contributed by atoms with Gasteiger partial charge in [-0.15, -0.1) is 0 Å². The van der Waals surface area contributed by atoms with Crippen LogP contribution >= 0.6 is 0 Å². The molecule has 0 bridgehead atoms. The number of benzene rings is 2. The minimum absolute atomic E-state index is 0.0192. The van der Waals surface area contributed by atoms with E-state index in [9.17, 15) is 19.2 Å². The first kappa shape index (κ1) is 24.5. The predicted octanol–water partition coefficient (Wildman–Crippen LogP) is 3.64. The summed E-state index contributed by atoms with van der Waals surface area (Å²) in [6.45, 7) is 2.98. The molecular formula is C26H24N2O8. The van der Waals surface area contributed by atoms with Gasteiger partial charge in [0.15, 0.2) is 6.61 Å². The molecule has 1 fully saturated rings. The molecule has 3 aromatic rings. The van der Waals surface area contributed by atoms with Crippen molar-refractivity contribution in [3.05, 3.63) is 71.3 Å². The lowest BCUT2D eigenvalue weighted by atomic mass is 10.0. The van der Waals surface area contributed by atoms with E-state index in [1.54, 1.807) is 19.9 Å². The minimum atomic E-state index is -0.667. The van der Waals surface area contributed by atoms with Gasteiger partial charge in [0.2, 0.25) is 5.76 Å². The lowest BCUT2D eigenvalue weighted by Gasteiger charge is -2.13. The largest absolute Gasteiger partial charge is 0.481 e. The number of urea groups is 1. The Bertz CT molecular complexity index is 1370. The van der Waals surface area contributed by atoms with Crippen LogP contribution in [0.5, 0.6) is 5.75 Å². The summed E-state index contributed by atoms with van der Waals surface area (Å²) in [4.78, 5) is 50.2. The summed E-state index contributed by atoms with van der Waals surface area (Å²) in [6.07, 6.45) is 1.22. The molecule has 0 atom stereocenters. The van der Waals surface area contributed by atoms with Crippen molar-refractivity contribution < 1.29 is 37.8 Å². The summed E-state index contributed by atoms with van der Waals surface area (Å²) in [5, 5.41) is 4.20. The van der Waals surface area contributed by atoms with E-state index in [1.807, 2.05) is 30.3 Å². The maximum Gasteiger partial charge on any atom is 0.373 e. The SMILES string of the molecule is COC(=O)c1ccc(CN2C(=O)N/C(=C\c3c(OCC(=O)OC(C)C)ccc4ccccc34)C2=O)o1. The first-order valence-corrected chi connectivity index (χ1v) is 11.1. The molecule has 0 unspecified atom stereocenters. The quantitative estimate of drug-likeness (QED) is 0.287. The van der Waals surface area contributed by atoms with Crippen molar-refractivity contribution in [2.45, 2.75) is 26.5 Å². The zero-order chi connectivity index (χ0) is 25.8. The number of methoxy groups -OCH3 is 1. The number of furan rings is 1. The van der Waals surface area contributed by atoms with Crippen molar-refractivity contribution in [3.63, 3.8) is 0 Å². The van der Waals surface area contributed by atoms with Crippen LogP contribution in [0.2, 0.25) is 0 Å². The second kappa shape index (κ2) is 10.3. The Kier molecular flexibility index (Phi) is 7.05. The summed E-state index contributed by atoms with van der Waals surface area (Å²) >= 11 is 0. The summed E-state index contributed by atoms with van der Waals surface area (Å²) in [7, 11) is 1.22. The number of hydrogen-bond acceptors (Lipinski definition) is 8. The van der Waals surface area contributed by atoms with Gasteiger partial charge < -0.3 is 23.9 Å². The van der Waals surface area contributed by atoms with Crippen LogP contribution in [-0.2, 0) is 25.6 Å². The summed E-state index contributed by atoms with van der Waals surface area (Å²) in [5.74, 6) is -1.25. The summed E-state index contributed by atoms with van der Waals surface area (Å²) < 4.78 is 20.8. The zero-order valence-corrected chi connectivity index (χ0v) is 19.9. The average Bonchev–Trinajstić information content (AvgIpc) is 3.43. The minimum Gasteiger partial charge on any atom is -0.481 e. The van der Waals surface area contributed by atoms with Crippen molar-refractivity contribution in [2.75, 3.05) is 13.7 Å². The van der Waals surface area contributed by atoms with Crippen molar-refractivity contribution >= 4 is 40.7 Å². The highest BCUT2D eigenvalue weighted by Crippen LogP contribution is 2.31. The van der Waals surface area contributed by atoms with E-state index < -0.39 is 23.9 Å². The third-order valence-electron chi connectivity index (χ3n) is 5.26. The number of carbonyl (C=O) groups excluding carboxylic acids is 4. The fourth-order valence-electron chi connectivity index (χ4n) is 3.67. The van der Waals surface area contributed by atoms with E-state index in [2.05, 4.69) is 10.1 Å². The van der Waals surface area contributed by atoms with Gasteiger partial charge in [-0.2, -0.15) is 0 Å². The molecule has 0 aliphatic carbocycles. The molecule has 0 spiro atoms. The Labute approximate surface area is 206 Å². The van der Waals surface area contributed by atoms with Gasteiger partial charge in [0, 0.05) is 5.56 Å². The molecule has 0 radical (unpaired) electrons. The number of rotatable bonds is 8. The van der Waals surface area contributed by atoms with Crippen molar-refractivity contribution in [3.8, 4) is 5.75 Å². The normalized spacial score (nSPS) is 14.4. The molecule has 10 heteroatoms. The summed E-state index contributed by atoms with van der Waals surface area (Å²) in [6, 6.07) is 13.2. The number of ether oxygens (including phenoxy) is 3. The molecule has 2 aromatic carbocycles. The highest BCUT2D eigenvalue weighted by atomic mass is 16.6. The third kappa shape index (κ3) is 5.22. The molecule has 1 aliphatic heterocycles. The van der Waals surface area contributed by atoms with E-state index in [4.69, 9.17) is 13.9 Å². The Balaban J connectivity index is 1.62. The lowest BCUT2D eigenvalue weighted by Crippen LogP contribution is -2.30. The van der Waals surface area contributed by atoms with Gasteiger partial charge in [-0.25, -0.2) is 14.4 Å². The lowest BCUT2D eigenvalue weighted by molar-refractivity contribution is -0.149. The Hall–Kier alpha value is -4.60. The van der Waals surface area contributed by atoms with Crippen LogP contribution in [-0.4, -0.2) is 48.6 Å². The van der Waals surface area contributed by atoms with Gasteiger partial charge in [0.1, 0.15) is 17.2 Å². The maximum absolute atomic E-state index is 13.1. The molecule has 36 heavy (non-hydrogen) atoms. The molecule has 1 aromatic heterocycles. The molecule has 4 rings (SSSR count). The van der Waals surface area contributed by atoms with E-state index >= 15 is 0 Å². The molecule has 1 aliphatic rings. The number of nitrogens with zero attached hydrogens (tertiary/aromatic N) is 1. The van der Waals surface area contributed by atoms with Gasteiger partial charge in [0.05, 0.1) is 19.8 Å². The Morgan fingerprint density at radius 3 is 2.61 bits per heavy atom. The zero-order valence-electron chi connectivity index (χ0n) is 19.9. The maximum atomic E-state index is 13.1. The van der Waals surface area contributed by atoms with Gasteiger partial charge in [0.25, 0.3) is 5.91 Å². The van der Waals surface area contributed by atoms with Gasteiger partial charge >= 0.3 is 18.0 Å². The number of amides is 3. The molecular weight excluding hydrogens is 468 g/mol. The van der Waals surface area contributed by atoms with Crippen LogP contribution in [0, 0.1) is 0 Å². The number of carbonyl (C=O) groups is 4. The number of fused-ring (bicyclic) bond motifs is 1. The van der Waals surface area contributed by atoms with Gasteiger partial charge in [-0.3, -0.25) is 9.69 Å². The van der Waals surface area contributed by atoms with Gasteiger partial charge in [-0.05, 0) is 48.9 Å². The van der Waals surface area contributed by atoms with Crippen molar-refractivity contribution in [1.82, 2.24) is 10.2 Å². The second-order valence-corrected chi connectivity index (χ2v) is 8.16. The average molecular weight is 492 g/mol. The standard InChI is InChI=1S/C26H24N2O8/c1-15(2)35-23(29)14-34-21-10-8-16-6-4-5-7-18(16)19(21)12-20-24(30)28(26(32)27-20)13-17-9-11-22(36-17)25(31)33-3/h4-12,15H,13-14H2,1-3H3,(H,27,32)/b20-12-. The Morgan fingerprint density at radius 2 is 1.86 bits per heavy atom. The van der Waals surface area contributed by atoms with E-state index in [0.717, 1.165) is 15.7 Å². The fourth-order valence-corrected chi connectivity index (χ4v) is 3.67. The molecule has 186 valence electrons. The second-order valence-electron chi connectivity index (χ2n) is 8.16.